The van der Waals surface area contributed by atoms with Crippen LogP contribution < -0.4 is 5.32 Å². The number of nitrogens with zero attached hydrogens (tertiary/aromatic N) is 1. The number of phenols is 1. The molecule has 0 unspecified atom stereocenters. The van der Waals surface area contributed by atoms with Crippen LogP contribution in [0.2, 0.25) is 0 Å². The number of nitrogens with one attached hydrogen (secondary N) is 1. The van der Waals surface area contributed by atoms with Crippen LogP contribution in [0.3, 0.4) is 0 Å². The summed E-state index contributed by atoms with van der Waals surface area (Å²) >= 11 is 1.78. The molecule has 6 heteroatoms. The minimum atomic E-state index is -0.588. The van der Waals surface area contributed by atoms with E-state index in [1.807, 2.05) is 0 Å². The molecule has 15 heavy (non-hydrogen) atoms. The summed E-state index contributed by atoms with van der Waals surface area (Å²) in [5.41, 5.74) is 0.122. The van der Waals surface area contributed by atoms with Gasteiger partial charge in [-0.3, -0.25) is 4.79 Å². The molecule has 1 amide bonds. The Bertz CT molecular complexity index is 419. The fourth-order valence-electron chi connectivity index (χ4n) is 0.939. The minimum Gasteiger partial charge on any atom is -0.506 e. The van der Waals surface area contributed by atoms with E-state index in [4.69, 9.17) is 5.26 Å². The molecule has 0 aromatic heterocycles. The Balaban J connectivity index is 2.96. The summed E-state index contributed by atoms with van der Waals surface area (Å²) in [6, 6.07) is 3.73. The van der Waals surface area contributed by atoms with Crippen molar-refractivity contribution in [1.29, 1.82) is 5.26 Å². The van der Waals surface area contributed by atoms with Gasteiger partial charge in [0.25, 0.3) is 0 Å². The first-order valence-electron chi connectivity index (χ1n) is 3.89. The number of hydrogen-bond donors (Lipinski definition) is 2. The first kappa shape index (κ1) is 11.7. The molecule has 78 valence electrons. The van der Waals surface area contributed by atoms with Crippen LogP contribution in [-0.4, -0.2) is 11.0 Å². The third kappa shape index (κ3) is 3.06. The average Bonchev–Trinajstić information content (AvgIpc) is 2.11. The molecule has 1 rings (SSSR count). The fourth-order valence-corrected chi connectivity index (χ4v) is 1.65. The Morgan fingerprint density at radius 3 is 2.87 bits per heavy atom. The van der Waals surface area contributed by atoms with Crippen LogP contribution in [0.4, 0.5) is 10.1 Å². The molecule has 0 aliphatic carbocycles. The number of amides is 1. The van der Waals surface area contributed by atoms with Gasteiger partial charge in [0.1, 0.15) is 18.0 Å². The Kier molecular flexibility index (Phi) is 3.85. The SMILES string of the molecule is N#CCC(=O)Nc1c(O)cc(F)cc1I. The van der Waals surface area contributed by atoms with Crippen molar-refractivity contribution in [3.05, 3.63) is 21.5 Å². The molecule has 1 aromatic rings. The van der Waals surface area contributed by atoms with E-state index >= 15 is 0 Å². The summed E-state index contributed by atoms with van der Waals surface area (Å²) < 4.78 is 13.1. The zero-order valence-electron chi connectivity index (χ0n) is 7.42. The fraction of sp³-hybridized carbons (Fsp3) is 0.111. The maximum absolute atomic E-state index is 12.8. The highest BCUT2D eigenvalue weighted by Gasteiger charge is 2.11. The molecule has 0 saturated carbocycles. The van der Waals surface area contributed by atoms with E-state index in [1.165, 1.54) is 6.07 Å². The lowest BCUT2D eigenvalue weighted by atomic mass is 10.2. The van der Waals surface area contributed by atoms with Crippen LogP contribution in [0.5, 0.6) is 5.75 Å². The summed E-state index contributed by atoms with van der Waals surface area (Å²) in [5.74, 6) is -1.49. The van der Waals surface area contributed by atoms with Gasteiger partial charge in [-0.2, -0.15) is 5.26 Å². The predicted molar refractivity (Wildman–Crippen MR) is 59.6 cm³/mol. The van der Waals surface area contributed by atoms with Crippen molar-refractivity contribution in [2.45, 2.75) is 6.42 Å². The normalized spacial score (nSPS) is 9.40. The van der Waals surface area contributed by atoms with E-state index in [9.17, 15) is 14.3 Å². The van der Waals surface area contributed by atoms with Gasteiger partial charge < -0.3 is 10.4 Å². The molecule has 0 spiro atoms. The van der Waals surface area contributed by atoms with E-state index in [0.717, 1.165) is 6.07 Å². The maximum Gasteiger partial charge on any atom is 0.238 e. The summed E-state index contributed by atoms with van der Waals surface area (Å²) in [6.45, 7) is 0. The van der Waals surface area contributed by atoms with Gasteiger partial charge in [-0.15, -0.1) is 0 Å². The first-order valence-corrected chi connectivity index (χ1v) is 4.97. The van der Waals surface area contributed by atoms with Crippen molar-refractivity contribution < 1.29 is 14.3 Å². The van der Waals surface area contributed by atoms with Crippen molar-refractivity contribution in [2.24, 2.45) is 0 Å². The van der Waals surface area contributed by atoms with Crippen LogP contribution in [0.15, 0.2) is 12.1 Å². The number of phenolic OH excluding ortho intramolecular Hbond substituents is 1. The van der Waals surface area contributed by atoms with Gasteiger partial charge in [0, 0.05) is 9.64 Å². The Labute approximate surface area is 98.9 Å². The molecule has 0 atom stereocenters. The van der Waals surface area contributed by atoms with E-state index in [-0.39, 0.29) is 17.9 Å². The molecule has 0 aliphatic rings. The number of carbonyl (C=O) groups is 1. The number of nitriles is 1. The number of rotatable bonds is 2. The third-order valence-electron chi connectivity index (χ3n) is 1.54. The molecule has 0 heterocycles. The van der Waals surface area contributed by atoms with E-state index in [2.05, 4.69) is 5.32 Å². The van der Waals surface area contributed by atoms with Crippen molar-refractivity contribution in [3.63, 3.8) is 0 Å². The minimum absolute atomic E-state index is 0.122. The van der Waals surface area contributed by atoms with Gasteiger partial charge in [0.15, 0.2) is 0 Å². The quantitative estimate of drug-likeness (QED) is 0.646. The van der Waals surface area contributed by atoms with Gasteiger partial charge in [0.05, 0.1) is 11.8 Å². The van der Waals surface area contributed by atoms with E-state index in [0.29, 0.717) is 3.57 Å². The van der Waals surface area contributed by atoms with Crippen molar-refractivity contribution in [2.75, 3.05) is 5.32 Å². The smallest absolute Gasteiger partial charge is 0.238 e. The molecular weight excluding hydrogens is 314 g/mol. The molecule has 2 N–H and O–H groups in total. The highest BCUT2D eigenvalue weighted by atomic mass is 127. The number of aromatic hydroxyl groups is 1. The lowest BCUT2D eigenvalue weighted by Crippen LogP contribution is -2.11. The highest BCUT2D eigenvalue weighted by molar-refractivity contribution is 14.1. The summed E-state index contributed by atoms with van der Waals surface area (Å²) in [6.07, 6.45) is -0.313. The number of anilines is 1. The largest absolute Gasteiger partial charge is 0.506 e. The number of halogens is 2. The summed E-state index contributed by atoms with van der Waals surface area (Å²) in [5, 5.41) is 19.9. The van der Waals surface area contributed by atoms with E-state index in [1.54, 1.807) is 28.7 Å². The third-order valence-corrected chi connectivity index (χ3v) is 2.39. The van der Waals surface area contributed by atoms with Gasteiger partial charge in [-0.25, -0.2) is 4.39 Å². The zero-order valence-corrected chi connectivity index (χ0v) is 9.58. The molecule has 0 aliphatic heterocycles. The van der Waals surface area contributed by atoms with Crippen molar-refractivity contribution in [1.82, 2.24) is 0 Å². The number of hydrogen-bond acceptors (Lipinski definition) is 3. The standard InChI is InChI=1S/C9H6FIN2O2/c10-5-3-6(11)9(7(14)4-5)13-8(15)1-2-12/h3-4,14H,1H2,(H,13,15). The summed E-state index contributed by atoms with van der Waals surface area (Å²) in [7, 11) is 0. The molecule has 0 fully saturated rings. The second kappa shape index (κ2) is 4.93. The first-order chi connectivity index (χ1) is 7.04. The molecular formula is C9H6FIN2O2. The van der Waals surface area contributed by atoms with Crippen LogP contribution in [-0.2, 0) is 4.79 Å². The van der Waals surface area contributed by atoms with Crippen LogP contribution >= 0.6 is 22.6 Å². The second-order valence-corrected chi connectivity index (χ2v) is 3.83. The Hall–Kier alpha value is -1.36. The predicted octanol–water partition coefficient (Wildman–Crippen LogP) is 1.99. The van der Waals surface area contributed by atoms with Gasteiger partial charge in [-0.1, -0.05) is 0 Å². The molecule has 4 nitrogen and oxygen atoms in total. The Morgan fingerprint density at radius 1 is 1.67 bits per heavy atom. The zero-order chi connectivity index (χ0) is 11.4. The molecule has 0 radical (unpaired) electrons. The number of benzene rings is 1. The van der Waals surface area contributed by atoms with Gasteiger partial charge in [0.2, 0.25) is 5.91 Å². The maximum atomic E-state index is 12.8. The Morgan fingerprint density at radius 2 is 2.33 bits per heavy atom. The monoisotopic (exact) mass is 320 g/mol. The summed E-state index contributed by atoms with van der Waals surface area (Å²) in [4.78, 5) is 11.1. The lowest BCUT2D eigenvalue weighted by Gasteiger charge is -2.07. The second-order valence-electron chi connectivity index (χ2n) is 2.66. The molecule has 0 bridgehead atoms. The van der Waals surface area contributed by atoms with Gasteiger partial charge >= 0.3 is 0 Å². The lowest BCUT2D eigenvalue weighted by molar-refractivity contribution is -0.115. The van der Waals surface area contributed by atoms with E-state index < -0.39 is 11.7 Å². The molecule has 1 aromatic carbocycles. The molecule has 0 saturated heterocycles. The number of carbonyl (C=O) groups excluding carboxylic acids is 1. The highest BCUT2D eigenvalue weighted by Crippen LogP contribution is 2.29. The van der Waals surface area contributed by atoms with Gasteiger partial charge in [-0.05, 0) is 28.7 Å². The topological polar surface area (TPSA) is 73.1 Å². The van der Waals surface area contributed by atoms with Crippen molar-refractivity contribution in [3.8, 4) is 11.8 Å². The van der Waals surface area contributed by atoms with Crippen LogP contribution in [0, 0.1) is 20.7 Å². The van der Waals surface area contributed by atoms with Crippen LogP contribution in [0.25, 0.3) is 0 Å². The average molecular weight is 320 g/mol. The van der Waals surface area contributed by atoms with Crippen molar-refractivity contribution >= 4 is 34.2 Å². The van der Waals surface area contributed by atoms with Crippen LogP contribution in [0.1, 0.15) is 6.42 Å².